The maximum absolute atomic E-state index is 13.4. The SMILES string of the molecule is Cc1cc(NC(=O)CN(c2cccc(Cl)c2)S(=O)(=O)c2ccc(Cl)cc2)ccc1N1CCCC1=O. The summed E-state index contributed by atoms with van der Waals surface area (Å²) in [5, 5.41) is 3.49. The van der Waals surface area contributed by atoms with Gasteiger partial charge in [-0.05, 0) is 79.6 Å². The molecule has 1 heterocycles. The fraction of sp³-hybridized carbons (Fsp3) is 0.200. The van der Waals surface area contributed by atoms with E-state index < -0.39 is 22.5 Å². The summed E-state index contributed by atoms with van der Waals surface area (Å²) in [5.74, 6) is -0.457. The van der Waals surface area contributed by atoms with Gasteiger partial charge in [-0.3, -0.25) is 13.9 Å². The number of hydrogen-bond donors (Lipinski definition) is 1. The molecule has 0 aliphatic carbocycles. The van der Waals surface area contributed by atoms with Gasteiger partial charge in [0.2, 0.25) is 11.8 Å². The van der Waals surface area contributed by atoms with Crippen LogP contribution in [0.2, 0.25) is 10.0 Å². The predicted octanol–water partition coefficient (Wildman–Crippen LogP) is 5.26. The van der Waals surface area contributed by atoms with Crippen LogP contribution >= 0.6 is 23.2 Å². The summed E-state index contributed by atoms with van der Waals surface area (Å²) in [5.41, 5.74) is 2.38. The van der Waals surface area contributed by atoms with Gasteiger partial charge in [-0.2, -0.15) is 0 Å². The molecule has 0 unspecified atom stereocenters. The molecule has 0 bridgehead atoms. The first-order valence-electron chi connectivity index (χ1n) is 10.9. The number of rotatable bonds is 7. The highest BCUT2D eigenvalue weighted by atomic mass is 35.5. The van der Waals surface area contributed by atoms with Crippen LogP contribution in [0.15, 0.2) is 71.6 Å². The number of hydrogen-bond acceptors (Lipinski definition) is 4. The van der Waals surface area contributed by atoms with Crippen LogP contribution in [-0.4, -0.2) is 33.3 Å². The Hall–Kier alpha value is -3.07. The number of carbonyl (C=O) groups is 2. The fourth-order valence-electron chi connectivity index (χ4n) is 3.95. The molecule has 1 aliphatic heterocycles. The molecule has 0 saturated carbocycles. The molecule has 7 nitrogen and oxygen atoms in total. The van der Waals surface area contributed by atoms with Crippen LogP contribution in [0.3, 0.4) is 0 Å². The number of benzene rings is 3. The summed E-state index contributed by atoms with van der Waals surface area (Å²) >= 11 is 12.0. The molecule has 182 valence electrons. The lowest BCUT2D eigenvalue weighted by atomic mass is 10.1. The maximum Gasteiger partial charge on any atom is 0.264 e. The first-order chi connectivity index (χ1) is 16.6. The summed E-state index contributed by atoms with van der Waals surface area (Å²) in [6.45, 7) is 2.05. The molecule has 4 rings (SSSR count). The largest absolute Gasteiger partial charge is 0.325 e. The standard InChI is InChI=1S/C25H23Cl2N3O4S/c1-17-14-20(9-12-23(17)29-13-3-6-25(29)32)28-24(31)16-30(21-5-2-4-19(27)15-21)35(33,34)22-10-7-18(26)8-11-22/h2,4-5,7-12,14-15H,3,6,13,16H2,1H3,(H,28,31). The van der Waals surface area contributed by atoms with Gasteiger partial charge in [0.1, 0.15) is 6.54 Å². The molecule has 0 atom stereocenters. The number of sulfonamides is 1. The summed E-state index contributed by atoms with van der Waals surface area (Å²) in [6, 6.07) is 17.2. The van der Waals surface area contributed by atoms with Crippen molar-refractivity contribution in [3.63, 3.8) is 0 Å². The second-order valence-corrected chi connectivity index (χ2v) is 10.9. The molecule has 1 fully saturated rings. The van der Waals surface area contributed by atoms with Crippen LogP contribution < -0.4 is 14.5 Å². The second kappa shape index (κ2) is 10.3. The van der Waals surface area contributed by atoms with Gasteiger partial charge < -0.3 is 10.2 Å². The Morgan fingerprint density at radius 1 is 1.03 bits per heavy atom. The zero-order chi connectivity index (χ0) is 25.2. The summed E-state index contributed by atoms with van der Waals surface area (Å²) < 4.78 is 27.9. The first-order valence-corrected chi connectivity index (χ1v) is 13.1. The summed E-state index contributed by atoms with van der Waals surface area (Å²) in [6.07, 6.45) is 1.34. The molecule has 3 aromatic rings. The molecule has 35 heavy (non-hydrogen) atoms. The number of anilines is 3. The van der Waals surface area contributed by atoms with Crippen molar-refractivity contribution in [2.75, 3.05) is 27.6 Å². The van der Waals surface area contributed by atoms with Crippen molar-refractivity contribution in [1.29, 1.82) is 0 Å². The van der Waals surface area contributed by atoms with Crippen LogP contribution in [-0.2, 0) is 19.6 Å². The van der Waals surface area contributed by atoms with E-state index in [1.807, 2.05) is 6.92 Å². The molecular formula is C25H23Cl2N3O4S. The Labute approximate surface area is 214 Å². The number of carbonyl (C=O) groups excluding carboxylic acids is 2. The van der Waals surface area contributed by atoms with Crippen LogP contribution in [0, 0.1) is 6.92 Å². The molecule has 0 spiro atoms. The minimum atomic E-state index is -4.10. The average molecular weight is 532 g/mol. The third-order valence-electron chi connectivity index (χ3n) is 5.63. The minimum absolute atomic E-state index is 0.00912. The maximum atomic E-state index is 13.4. The Balaban J connectivity index is 1.59. The first kappa shape index (κ1) is 25.0. The van der Waals surface area contributed by atoms with E-state index in [0.29, 0.717) is 28.7 Å². The highest BCUT2D eigenvalue weighted by molar-refractivity contribution is 7.92. The Bertz CT molecular complexity index is 1380. The number of halogens is 2. The molecule has 1 N–H and O–H groups in total. The van der Waals surface area contributed by atoms with Gasteiger partial charge in [0.05, 0.1) is 10.6 Å². The fourth-order valence-corrected chi connectivity index (χ4v) is 5.67. The van der Waals surface area contributed by atoms with Gasteiger partial charge in [-0.25, -0.2) is 8.42 Å². The van der Waals surface area contributed by atoms with E-state index in [4.69, 9.17) is 23.2 Å². The molecule has 1 saturated heterocycles. The minimum Gasteiger partial charge on any atom is -0.325 e. The van der Waals surface area contributed by atoms with Crippen molar-refractivity contribution in [1.82, 2.24) is 0 Å². The smallest absolute Gasteiger partial charge is 0.264 e. The van der Waals surface area contributed by atoms with E-state index in [-0.39, 0.29) is 16.5 Å². The Morgan fingerprint density at radius 3 is 2.40 bits per heavy atom. The topological polar surface area (TPSA) is 86.8 Å². The van der Waals surface area contributed by atoms with Gasteiger partial charge >= 0.3 is 0 Å². The van der Waals surface area contributed by atoms with Gasteiger partial charge in [-0.15, -0.1) is 0 Å². The monoisotopic (exact) mass is 531 g/mol. The molecule has 2 amide bonds. The molecule has 0 radical (unpaired) electrons. The van der Waals surface area contributed by atoms with Crippen LogP contribution in [0.4, 0.5) is 17.1 Å². The highest BCUT2D eigenvalue weighted by Crippen LogP contribution is 2.29. The quantitative estimate of drug-likeness (QED) is 0.450. The van der Waals surface area contributed by atoms with E-state index in [1.165, 1.54) is 30.3 Å². The molecular weight excluding hydrogens is 509 g/mol. The van der Waals surface area contributed by atoms with Gasteiger partial charge in [0, 0.05) is 34.4 Å². The van der Waals surface area contributed by atoms with Crippen LogP contribution in [0.5, 0.6) is 0 Å². The zero-order valence-corrected chi connectivity index (χ0v) is 21.2. The molecule has 10 heteroatoms. The molecule has 1 aliphatic rings. The lowest BCUT2D eigenvalue weighted by molar-refractivity contribution is -0.117. The third-order valence-corrected chi connectivity index (χ3v) is 7.90. The summed E-state index contributed by atoms with van der Waals surface area (Å²) in [4.78, 5) is 26.8. The van der Waals surface area contributed by atoms with Crippen LogP contribution in [0.1, 0.15) is 18.4 Å². The van der Waals surface area contributed by atoms with Crippen LogP contribution in [0.25, 0.3) is 0 Å². The van der Waals surface area contributed by atoms with E-state index >= 15 is 0 Å². The molecule has 3 aromatic carbocycles. The number of nitrogens with one attached hydrogen (secondary N) is 1. The third kappa shape index (κ3) is 5.61. The second-order valence-electron chi connectivity index (χ2n) is 8.14. The van der Waals surface area contributed by atoms with E-state index in [0.717, 1.165) is 22.0 Å². The lowest BCUT2D eigenvalue weighted by Crippen LogP contribution is -2.38. The normalized spacial score (nSPS) is 13.7. The van der Waals surface area contributed by atoms with Crippen molar-refractivity contribution >= 4 is 62.1 Å². The van der Waals surface area contributed by atoms with E-state index in [2.05, 4.69) is 5.32 Å². The predicted molar refractivity (Wildman–Crippen MR) is 139 cm³/mol. The number of aryl methyl sites for hydroxylation is 1. The molecule has 0 aromatic heterocycles. The van der Waals surface area contributed by atoms with Crippen molar-refractivity contribution in [2.45, 2.75) is 24.7 Å². The van der Waals surface area contributed by atoms with Crippen molar-refractivity contribution in [3.8, 4) is 0 Å². The Kier molecular flexibility index (Phi) is 7.35. The lowest BCUT2D eigenvalue weighted by Gasteiger charge is -2.24. The van der Waals surface area contributed by atoms with Gasteiger partial charge in [0.15, 0.2) is 0 Å². The van der Waals surface area contributed by atoms with Crippen molar-refractivity contribution < 1.29 is 18.0 Å². The summed E-state index contributed by atoms with van der Waals surface area (Å²) in [7, 11) is -4.10. The van der Waals surface area contributed by atoms with Crippen molar-refractivity contribution in [3.05, 3.63) is 82.3 Å². The number of nitrogens with zero attached hydrogens (tertiary/aromatic N) is 2. The van der Waals surface area contributed by atoms with Gasteiger partial charge in [0.25, 0.3) is 10.0 Å². The van der Waals surface area contributed by atoms with E-state index in [9.17, 15) is 18.0 Å². The highest BCUT2D eigenvalue weighted by Gasteiger charge is 2.28. The number of amides is 2. The Morgan fingerprint density at radius 2 is 1.77 bits per heavy atom. The zero-order valence-electron chi connectivity index (χ0n) is 18.9. The van der Waals surface area contributed by atoms with E-state index in [1.54, 1.807) is 41.3 Å². The average Bonchev–Trinajstić information content (AvgIpc) is 3.23. The van der Waals surface area contributed by atoms with Gasteiger partial charge in [-0.1, -0.05) is 29.3 Å². The van der Waals surface area contributed by atoms with Crippen molar-refractivity contribution in [2.24, 2.45) is 0 Å².